The molecular weight excluding hydrogens is 386 g/mol. The van der Waals surface area contributed by atoms with Crippen LogP contribution < -0.4 is 10.6 Å². The van der Waals surface area contributed by atoms with Crippen LogP contribution in [0.3, 0.4) is 0 Å². The molecule has 4 rings (SSSR count). The Kier molecular flexibility index (Phi) is 5.61. The summed E-state index contributed by atoms with van der Waals surface area (Å²) in [7, 11) is 0. The zero-order valence-corrected chi connectivity index (χ0v) is 15.7. The molecule has 158 valence electrons. The molecule has 11 nitrogen and oxygen atoms in total. The average Bonchev–Trinajstić information content (AvgIpc) is 2.69. The zero-order chi connectivity index (χ0) is 21.3. The predicted octanol–water partition coefficient (Wildman–Crippen LogP) is -2.29. The number of oxime groups is 1. The maximum atomic E-state index is 12.7. The Bertz CT molecular complexity index is 815. The minimum atomic E-state index is -2.52. The van der Waals surface area contributed by atoms with Gasteiger partial charge in [0.25, 0.3) is 23.3 Å². The molecule has 3 saturated heterocycles. The van der Waals surface area contributed by atoms with E-state index in [4.69, 9.17) is 9.57 Å². The van der Waals surface area contributed by atoms with Crippen molar-refractivity contribution in [3.8, 4) is 0 Å². The van der Waals surface area contributed by atoms with Gasteiger partial charge in [-0.2, -0.15) is 0 Å². The Morgan fingerprint density at radius 3 is 2.62 bits per heavy atom. The van der Waals surface area contributed by atoms with Gasteiger partial charge in [0.15, 0.2) is 0 Å². The molecule has 2 bridgehead atoms. The lowest BCUT2D eigenvalue weighted by atomic mass is 9.85. The summed E-state index contributed by atoms with van der Waals surface area (Å²) in [6.45, 7) is -0.0210. The first-order valence-corrected chi connectivity index (χ1v) is 8.92. The molecule has 3 aliphatic rings. The van der Waals surface area contributed by atoms with Crippen molar-refractivity contribution in [1.82, 2.24) is 10.6 Å². The molecule has 3 fully saturated rings. The first kappa shape index (κ1) is 21.1. The number of amides is 2. The smallest absolute Gasteiger partial charge is 0.282 e. The number of nitrogens with one attached hydrogen (secondary N) is 2. The number of aliphatic hydroxyl groups is 4. The second-order valence-electron chi connectivity index (χ2n) is 7.17. The zero-order valence-electron chi connectivity index (χ0n) is 15.7. The van der Waals surface area contributed by atoms with E-state index in [1.54, 1.807) is 12.1 Å². The number of hydrogen-bond donors (Lipinski definition) is 6. The molecule has 0 unspecified atom stereocenters. The molecule has 1 aromatic carbocycles. The summed E-state index contributed by atoms with van der Waals surface area (Å²) < 4.78 is 5.42. The van der Waals surface area contributed by atoms with Crippen molar-refractivity contribution in [3.63, 3.8) is 0 Å². The van der Waals surface area contributed by atoms with Gasteiger partial charge < -0.3 is 40.6 Å². The number of ether oxygens (including phenoxy) is 1. The van der Waals surface area contributed by atoms with Crippen molar-refractivity contribution < 1.29 is 39.6 Å². The molecule has 11 heteroatoms. The van der Waals surface area contributed by atoms with Crippen molar-refractivity contribution in [2.24, 2.45) is 5.16 Å². The lowest BCUT2D eigenvalue weighted by Crippen LogP contribution is -2.84. The Hall–Kier alpha value is -2.57. The van der Waals surface area contributed by atoms with Crippen LogP contribution in [0.5, 0.6) is 0 Å². The second-order valence-corrected chi connectivity index (χ2v) is 7.17. The van der Waals surface area contributed by atoms with E-state index in [0.29, 0.717) is 0 Å². The van der Waals surface area contributed by atoms with Gasteiger partial charge in [0.1, 0.15) is 24.0 Å². The van der Waals surface area contributed by atoms with Crippen LogP contribution >= 0.6 is 0 Å². The fourth-order valence-corrected chi connectivity index (χ4v) is 3.09. The quantitative estimate of drug-likeness (QED) is 0.285. The van der Waals surface area contributed by atoms with Crippen LogP contribution in [-0.2, 0) is 25.8 Å². The fourth-order valence-electron chi connectivity index (χ4n) is 3.09. The van der Waals surface area contributed by atoms with E-state index < -0.39 is 41.6 Å². The molecule has 0 spiro atoms. The van der Waals surface area contributed by atoms with Crippen LogP contribution in [0.4, 0.5) is 0 Å². The molecule has 0 saturated carbocycles. The molecule has 0 radical (unpaired) electrons. The topological polar surface area (TPSA) is 170 Å². The number of piperazine rings is 1. The van der Waals surface area contributed by atoms with Crippen molar-refractivity contribution in [3.05, 3.63) is 35.9 Å². The van der Waals surface area contributed by atoms with Crippen molar-refractivity contribution in [2.75, 3.05) is 13.2 Å². The summed E-state index contributed by atoms with van der Waals surface area (Å²) in [4.78, 5) is 30.5. The minimum absolute atomic E-state index is 0.0683. The maximum Gasteiger partial charge on any atom is 0.282 e. The van der Waals surface area contributed by atoms with Crippen LogP contribution in [0.1, 0.15) is 18.9 Å². The number of rotatable bonds is 6. The highest BCUT2D eigenvalue weighted by Gasteiger charge is 2.64. The molecule has 0 aromatic heterocycles. The van der Waals surface area contributed by atoms with Gasteiger partial charge in [-0.1, -0.05) is 35.5 Å². The molecule has 6 N–H and O–H groups in total. The third-order valence-electron chi connectivity index (χ3n) is 4.89. The normalized spacial score (nSPS) is 31.3. The summed E-state index contributed by atoms with van der Waals surface area (Å²) in [5.74, 6) is -2.25. The van der Waals surface area contributed by atoms with Gasteiger partial charge >= 0.3 is 0 Å². The van der Waals surface area contributed by atoms with E-state index >= 15 is 0 Å². The first-order chi connectivity index (χ1) is 13.7. The third kappa shape index (κ3) is 3.70. The summed E-state index contributed by atoms with van der Waals surface area (Å²) in [6.07, 6.45) is -2.14. The van der Waals surface area contributed by atoms with Crippen LogP contribution in [0, 0.1) is 0 Å². The maximum absolute atomic E-state index is 12.7. The van der Waals surface area contributed by atoms with Crippen LogP contribution in [0.2, 0.25) is 0 Å². The molecule has 0 aliphatic carbocycles. The molecule has 2 amide bonds. The Balaban J connectivity index is 1.84. The lowest BCUT2D eigenvalue weighted by Gasteiger charge is -2.49. The Morgan fingerprint density at radius 2 is 1.97 bits per heavy atom. The minimum Gasteiger partial charge on any atom is -0.393 e. The predicted molar refractivity (Wildman–Crippen MR) is 96.9 cm³/mol. The van der Waals surface area contributed by atoms with E-state index in [1.807, 2.05) is 18.2 Å². The molecule has 29 heavy (non-hydrogen) atoms. The SMILES string of the molecule is C[C@](O)(CO)[C@H](O)[C@@]12NC(=O)[C@@](O)(NC1=O)/C(=N/OCc1ccccc1)CCO2. The van der Waals surface area contributed by atoms with Gasteiger partial charge in [-0.3, -0.25) is 9.59 Å². The highest BCUT2D eigenvalue weighted by atomic mass is 16.6. The van der Waals surface area contributed by atoms with Gasteiger partial charge in [-0.25, -0.2) is 0 Å². The molecule has 1 aromatic rings. The van der Waals surface area contributed by atoms with Crippen LogP contribution in [0.25, 0.3) is 0 Å². The number of hydrogen-bond acceptors (Lipinski definition) is 9. The van der Waals surface area contributed by atoms with Crippen LogP contribution in [0.15, 0.2) is 35.5 Å². The highest BCUT2D eigenvalue weighted by molar-refractivity contribution is 6.17. The highest BCUT2D eigenvalue weighted by Crippen LogP contribution is 2.30. The summed E-state index contributed by atoms with van der Waals surface area (Å²) in [5, 5.41) is 48.7. The van der Waals surface area contributed by atoms with Crippen LogP contribution in [-0.4, -0.2) is 74.3 Å². The molecule has 4 atom stereocenters. The van der Waals surface area contributed by atoms with Gasteiger partial charge in [0, 0.05) is 6.42 Å². The second kappa shape index (κ2) is 7.69. The standard InChI is InChI=1S/C18H23N3O8/c1-16(26,10-22)13(23)18-15(25)19-17(27,14(24)20-18)12(7-8-28-18)21-29-9-11-5-3-2-4-6-11/h2-6,13,22-23,26-27H,7-10H2,1H3,(H,19,25)(H,20,24)/b21-12+/t13-,16-,17+,18-/m0/s1. The lowest BCUT2D eigenvalue weighted by molar-refractivity contribution is -0.227. The van der Waals surface area contributed by atoms with Gasteiger partial charge in [-0.05, 0) is 12.5 Å². The van der Waals surface area contributed by atoms with E-state index in [2.05, 4.69) is 15.8 Å². The van der Waals surface area contributed by atoms with Gasteiger partial charge in [0.05, 0.1) is 13.2 Å². The molecular formula is C18H23N3O8. The average molecular weight is 409 g/mol. The van der Waals surface area contributed by atoms with Crippen molar-refractivity contribution in [2.45, 2.75) is 43.1 Å². The summed E-state index contributed by atoms with van der Waals surface area (Å²) in [5.41, 5.74) is -6.49. The number of carbonyl (C=O) groups is 2. The summed E-state index contributed by atoms with van der Waals surface area (Å²) in [6, 6.07) is 9.05. The van der Waals surface area contributed by atoms with Gasteiger partial charge in [0.2, 0.25) is 0 Å². The number of aliphatic hydroxyl groups excluding tert-OH is 2. The van der Waals surface area contributed by atoms with Gasteiger partial charge in [-0.15, -0.1) is 0 Å². The monoisotopic (exact) mass is 409 g/mol. The number of fused-ring (bicyclic) bond motifs is 5. The number of nitrogens with zero attached hydrogens (tertiary/aromatic N) is 1. The molecule has 3 aliphatic heterocycles. The van der Waals surface area contributed by atoms with E-state index in [1.165, 1.54) is 0 Å². The summed E-state index contributed by atoms with van der Waals surface area (Å²) >= 11 is 0. The Labute approximate surface area is 165 Å². The fraction of sp³-hybridized carbons (Fsp3) is 0.500. The Morgan fingerprint density at radius 1 is 1.28 bits per heavy atom. The van der Waals surface area contributed by atoms with Crippen molar-refractivity contribution >= 4 is 17.5 Å². The van der Waals surface area contributed by atoms with E-state index in [9.17, 15) is 30.0 Å². The van der Waals surface area contributed by atoms with Crippen molar-refractivity contribution in [1.29, 1.82) is 0 Å². The van der Waals surface area contributed by atoms with E-state index in [-0.39, 0.29) is 25.3 Å². The number of benzene rings is 1. The number of carbonyl (C=O) groups excluding carboxylic acids is 2. The molecule has 3 heterocycles. The largest absolute Gasteiger partial charge is 0.393 e. The third-order valence-corrected chi connectivity index (χ3v) is 4.89. The first-order valence-electron chi connectivity index (χ1n) is 8.92. The van der Waals surface area contributed by atoms with E-state index in [0.717, 1.165) is 12.5 Å².